The molecule has 0 atom stereocenters. The first-order valence-corrected chi connectivity index (χ1v) is 17.8. The van der Waals surface area contributed by atoms with E-state index in [4.69, 9.17) is 0 Å². The lowest BCUT2D eigenvalue weighted by Gasteiger charge is -2.04. The Morgan fingerprint density at radius 2 is 0.462 bits per heavy atom. The first kappa shape index (κ1) is 34.5. The Morgan fingerprint density at radius 1 is 0.269 bits per heavy atom. The summed E-state index contributed by atoms with van der Waals surface area (Å²) < 4.78 is 121. The van der Waals surface area contributed by atoms with Crippen LogP contribution in [0.5, 0.6) is 0 Å². The standard InChI is InChI=1S/C40H8F8S4/c41-33-25-5-9-29-21(13-17-49-29)1-2-22-14-18-50-30(22)10-6-26-35(43)39(47)28(40(48)36(26)44)8-12-32-24(16-20-52-32)4-3-23-15-19-51-31(23)11-7-27(37(33)45)38(46)34(25)42/h13-20H. The van der Waals surface area contributed by atoms with E-state index in [0.717, 1.165) is 45.3 Å². The van der Waals surface area contributed by atoms with Crippen molar-refractivity contribution in [1.82, 2.24) is 0 Å². The number of thiophene rings is 4. The van der Waals surface area contributed by atoms with Crippen molar-refractivity contribution >= 4 is 45.3 Å². The summed E-state index contributed by atoms with van der Waals surface area (Å²) in [7, 11) is 0. The number of rotatable bonds is 0. The Hall–Kier alpha value is -5.96. The minimum atomic E-state index is -1.73. The van der Waals surface area contributed by atoms with Gasteiger partial charge in [0.25, 0.3) is 0 Å². The summed E-state index contributed by atoms with van der Waals surface area (Å²) in [5.41, 5.74) is -3.46. The molecule has 6 aromatic rings. The van der Waals surface area contributed by atoms with Crippen molar-refractivity contribution in [3.8, 4) is 71.0 Å². The zero-order valence-corrected chi connectivity index (χ0v) is 28.5. The van der Waals surface area contributed by atoms with Crippen LogP contribution in [0.25, 0.3) is 0 Å². The Balaban J connectivity index is 1.41. The molecule has 4 bridgehead atoms. The normalized spacial score (nSPS) is 11.1. The van der Waals surface area contributed by atoms with Crippen LogP contribution in [0.4, 0.5) is 35.1 Å². The van der Waals surface area contributed by atoms with Gasteiger partial charge in [-0.2, -0.15) is 0 Å². The van der Waals surface area contributed by atoms with Crippen molar-refractivity contribution in [2.45, 2.75) is 0 Å². The highest BCUT2D eigenvalue weighted by molar-refractivity contribution is 7.11. The Bertz CT molecular complexity index is 2440. The van der Waals surface area contributed by atoms with E-state index in [0.29, 0.717) is 0 Å². The maximum Gasteiger partial charge on any atom is 0.178 e. The van der Waals surface area contributed by atoms with Gasteiger partial charge in [-0.05, 0) is 69.5 Å². The van der Waals surface area contributed by atoms with Gasteiger partial charge in [0.2, 0.25) is 0 Å². The molecule has 0 N–H and O–H groups in total. The van der Waals surface area contributed by atoms with E-state index >= 15 is 35.1 Å². The molecule has 0 aliphatic heterocycles. The van der Waals surface area contributed by atoms with Crippen molar-refractivity contribution in [2.24, 2.45) is 0 Å². The summed E-state index contributed by atoms with van der Waals surface area (Å²) in [5, 5.41) is 6.28. The topological polar surface area (TPSA) is 0 Å². The van der Waals surface area contributed by atoms with Crippen LogP contribution in [0.3, 0.4) is 0 Å². The molecule has 0 amide bonds. The minimum Gasteiger partial charge on any atom is -0.202 e. The van der Waals surface area contributed by atoms with Gasteiger partial charge in [0.15, 0.2) is 46.5 Å². The quantitative estimate of drug-likeness (QED) is 0.0820. The number of benzene rings is 2. The lowest BCUT2D eigenvalue weighted by Crippen LogP contribution is -2.04. The summed E-state index contributed by atoms with van der Waals surface area (Å²) in [5.74, 6) is 16.0. The molecule has 4 heterocycles. The fourth-order valence-corrected chi connectivity index (χ4v) is 7.25. The second-order valence-electron chi connectivity index (χ2n) is 10.2. The van der Waals surface area contributed by atoms with Crippen LogP contribution in [0, 0.1) is 118 Å². The molecular formula is C40H8F8S4. The second-order valence-corrected chi connectivity index (χ2v) is 13.8. The molecule has 12 heteroatoms. The highest BCUT2D eigenvalue weighted by atomic mass is 32.1. The van der Waals surface area contributed by atoms with Crippen molar-refractivity contribution in [3.63, 3.8) is 0 Å². The third-order valence-corrected chi connectivity index (χ3v) is 10.4. The molecule has 0 radical (unpaired) electrons. The number of hydrogen-bond acceptors (Lipinski definition) is 4. The van der Waals surface area contributed by atoms with E-state index < -0.39 is 68.8 Å². The molecule has 10 rings (SSSR count). The molecule has 2 aromatic carbocycles. The van der Waals surface area contributed by atoms with Gasteiger partial charge < -0.3 is 0 Å². The Labute approximate surface area is 306 Å². The van der Waals surface area contributed by atoms with Gasteiger partial charge in [-0.3, -0.25) is 0 Å². The molecule has 4 aliphatic rings. The second kappa shape index (κ2) is 14.3. The van der Waals surface area contributed by atoms with Crippen LogP contribution < -0.4 is 0 Å². The zero-order valence-electron chi connectivity index (χ0n) is 25.3. The summed E-state index contributed by atoms with van der Waals surface area (Å²) in [6, 6.07) is 6.14. The van der Waals surface area contributed by atoms with Crippen molar-refractivity contribution in [3.05, 3.63) is 156 Å². The molecule has 4 aliphatic carbocycles. The highest BCUT2D eigenvalue weighted by Gasteiger charge is 2.25. The van der Waals surface area contributed by atoms with Gasteiger partial charge in [0, 0.05) is 0 Å². The Morgan fingerprint density at radius 3 is 0.654 bits per heavy atom. The third kappa shape index (κ3) is 6.50. The van der Waals surface area contributed by atoms with Gasteiger partial charge in [0.05, 0.1) is 41.8 Å². The molecule has 0 unspecified atom stereocenters. The van der Waals surface area contributed by atoms with Gasteiger partial charge in [-0.25, -0.2) is 35.1 Å². The van der Waals surface area contributed by atoms with Crippen LogP contribution in [-0.2, 0) is 0 Å². The minimum absolute atomic E-state index is 0.200. The summed E-state index contributed by atoms with van der Waals surface area (Å²) >= 11 is 4.14. The summed E-state index contributed by atoms with van der Waals surface area (Å²) in [6.45, 7) is 0. The molecule has 4 aromatic heterocycles. The SMILES string of the molecule is Fc1c(F)c2c(F)c(F)c1C#Cc1sccc1C#Cc1ccsc1C#Cc1c(F)c(F)c(c(F)c1F)C#Cc1sccc1C#Cc1ccsc1C#C2. The zero-order chi connectivity index (χ0) is 36.5. The lowest BCUT2D eigenvalue weighted by molar-refractivity contribution is 0.447. The fraction of sp³-hybridized carbons (Fsp3) is 0. The largest absolute Gasteiger partial charge is 0.202 e. The first-order chi connectivity index (χ1) is 25.1. The molecule has 0 spiro atoms. The number of hydrogen-bond donors (Lipinski definition) is 0. The molecule has 0 saturated carbocycles. The van der Waals surface area contributed by atoms with Gasteiger partial charge in [-0.15, -0.1) is 45.3 Å². The first-order valence-electron chi connectivity index (χ1n) is 14.3. The van der Waals surface area contributed by atoms with Gasteiger partial charge >= 0.3 is 0 Å². The monoisotopic (exact) mass is 768 g/mol. The van der Waals surface area contributed by atoms with E-state index in [1.165, 1.54) is 24.3 Å². The smallest absolute Gasteiger partial charge is 0.178 e. The molecular weight excluding hydrogens is 761 g/mol. The van der Waals surface area contributed by atoms with Crippen LogP contribution >= 0.6 is 45.3 Å². The van der Waals surface area contributed by atoms with Crippen LogP contribution in [0.1, 0.15) is 64.0 Å². The van der Waals surface area contributed by atoms with Crippen molar-refractivity contribution in [2.75, 3.05) is 0 Å². The average Bonchev–Trinajstić information content (AvgIpc) is 3.96. The van der Waals surface area contributed by atoms with Gasteiger partial charge in [-0.1, -0.05) is 47.4 Å². The molecule has 0 nitrogen and oxygen atoms in total. The molecule has 52 heavy (non-hydrogen) atoms. The van der Waals surface area contributed by atoms with Crippen LogP contribution in [0.15, 0.2) is 45.8 Å². The van der Waals surface area contributed by atoms with Crippen LogP contribution in [-0.4, -0.2) is 0 Å². The fourth-order valence-electron chi connectivity index (χ4n) is 4.47. The van der Waals surface area contributed by atoms with E-state index in [2.05, 4.69) is 71.0 Å². The molecule has 248 valence electrons. The van der Waals surface area contributed by atoms with E-state index in [1.807, 2.05) is 0 Å². The molecule has 0 saturated heterocycles. The highest BCUT2D eigenvalue weighted by Crippen LogP contribution is 2.27. The Kier molecular flexibility index (Phi) is 9.51. The predicted octanol–water partition coefficient (Wildman–Crippen LogP) is 9.76. The van der Waals surface area contributed by atoms with E-state index in [9.17, 15) is 0 Å². The third-order valence-electron chi connectivity index (χ3n) is 7.06. The van der Waals surface area contributed by atoms with Crippen LogP contribution in [0.2, 0.25) is 0 Å². The predicted molar refractivity (Wildman–Crippen MR) is 186 cm³/mol. The average molecular weight is 769 g/mol. The van der Waals surface area contributed by atoms with Crippen molar-refractivity contribution < 1.29 is 35.1 Å². The summed E-state index contributed by atoms with van der Waals surface area (Å²) in [6.07, 6.45) is 0. The maximum atomic E-state index is 15.1. The number of halogens is 8. The van der Waals surface area contributed by atoms with E-state index in [1.54, 1.807) is 21.5 Å². The molecule has 0 fully saturated rings. The van der Waals surface area contributed by atoms with Crippen molar-refractivity contribution in [1.29, 1.82) is 0 Å². The van der Waals surface area contributed by atoms with Gasteiger partial charge in [0.1, 0.15) is 22.3 Å². The maximum absolute atomic E-state index is 15.1. The summed E-state index contributed by atoms with van der Waals surface area (Å²) in [4.78, 5) is 0.801. The van der Waals surface area contributed by atoms with E-state index in [-0.39, 0.29) is 41.8 Å². The lowest BCUT2D eigenvalue weighted by atomic mass is 10.1.